The van der Waals surface area contributed by atoms with Gasteiger partial charge in [-0.15, -0.1) is 0 Å². The summed E-state index contributed by atoms with van der Waals surface area (Å²) in [5.41, 5.74) is 1.38. The van der Waals surface area contributed by atoms with Crippen LogP contribution in [0.4, 0.5) is 0 Å². The molecule has 1 amide bonds. The van der Waals surface area contributed by atoms with Crippen molar-refractivity contribution in [1.29, 1.82) is 0 Å². The lowest BCUT2D eigenvalue weighted by Crippen LogP contribution is -2.39. The number of aryl methyl sites for hydroxylation is 1. The van der Waals surface area contributed by atoms with Crippen molar-refractivity contribution in [2.24, 2.45) is 5.92 Å². The lowest BCUT2D eigenvalue weighted by atomic mass is 9.90. The Kier molecular flexibility index (Phi) is 4.51. The number of rotatable bonds is 4. The smallest absolute Gasteiger partial charge is 0.236 e. The monoisotopic (exact) mass is 299 g/mol. The molecule has 5 heteroatoms. The van der Waals surface area contributed by atoms with Gasteiger partial charge in [0.25, 0.3) is 0 Å². The van der Waals surface area contributed by atoms with Crippen molar-refractivity contribution >= 4 is 5.91 Å². The Labute approximate surface area is 130 Å². The summed E-state index contributed by atoms with van der Waals surface area (Å²) in [5.74, 6) is 1.73. The fourth-order valence-corrected chi connectivity index (χ4v) is 2.99. The summed E-state index contributed by atoms with van der Waals surface area (Å²) in [5, 5.41) is 3.72. The molecule has 0 radical (unpaired) electrons. The van der Waals surface area contributed by atoms with Gasteiger partial charge in [-0.3, -0.25) is 4.79 Å². The first-order valence-electron chi connectivity index (χ1n) is 7.81. The minimum Gasteiger partial charge on any atom is -0.342 e. The second-order valence-corrected chi connectivity index (χ2v) is 5.93. The molecule has 2 aromatic rings. The maximum atomic E-state index is 12.2. The number of benzene rings is 1. The van der Waals surface area contributed by atoms with E-state index in [4.69, 9.17) is 4.52 Å². The molecule has 1 fully saturated rings. The van der Waals surface area contributed by atoms with Crippen LogP contribution in [-0.2, 0) is 17.6 Å². The van der Waals surface area contributed by atoms with Gasteiger partial charge in [-0.05, 0) is 37.7 Å². The number of nitrogens with zero attached hydrogens (tertiary/aromatic N) is 3. The van der Waals surface area contributed by atoms with Gasteiger partial charge >= 0.3 is 0 Å². The lowest BCUT2D eigenvalue weighted by Gasteiger charge is -2.32. The Balaban J connectivity index is 1.48. The van der Waals surface area contributed by atoms with E-state index in [1.165, 1.54) is 5.56 Å². The van der Waals surface area contributed by atoms with Crippen molar-refractivity contribution in [3.8, 4) is 0 Å². The van der Waals surface area contributed by atoms with E-state index >= 15 is 0 Å². The van der Waals surface area contributed by atoms with E-state index in [0.29, 0.717) is 17.6 Å². The minimum atomic E-state index is 0.0850. The fraction of sp³-hybridized carbons (Fsp3) is 0.471. The van der Waals surface area contributed by atoms with Gasteiger partial charge in [0.2, 0.25) is 11.8 Å². The van der Waals surface area contributed by atoms with Gasteiger partial charge < -0.3 is 9.42 Å². The van der Waals surface area contributed by atoms with Gasteiger partial charge in [-0.1, -0.05) is 35.5 Å². The summed E-state index contributed by atoms with van der Waals surface area (Å²) in [6.07, 6.45) is 3.43. The highest BCUT2D eigenvalue weighted by Crippen LogP contribution is 2.22. The van der Waals surface area contributed by atoms with Gasteiger partial charge in [0.15, 0.2) is 5.82 Å². The van der Waals surface area contributed by atoms with Crippen LogP contribution in [0.5, 0.6) is 0 Å². The number of hydrogen-bond acceptors (Lipinski definition) is 4. The summed E-state index contributed by atoms with van der Waals surface area (Å²) in [4.78, 5) is 18.2. The molecule has 0 saturated carbocycles. The highest BCUT2D eigenvalue weighted by molar-refractivity contribution is 5.77. The molecular weight excluding hydrogens is 278 g/mol. The van der Waals surface area contributed by atoms with E-state index in [1.807, 2.05) is 11.0 Å². The van der Waals surface area contributed by atoms with E-state index in [0.717, 1.165) is 32.4 Å². The van der Waals surface area contributed by atoms with E-state index < -0.39 is 0 Å². The lowest BCUT2D eigenvalue weighted by molar-refractivity contribution is -0.132. The molecule has 1 aromatic carbocycles. The summed E-state index contributed by atoms with van der Waals surface area (Å²) < 4.78 is 5.02. The van der Waals surface area contributed by atoms with Crippen molar-refractivity contribution in [2.75, 3.05) is 13.1 Å². The van der Waals surface area contributed by atoms with Crippen LogP contribution in [-0.4, -0.2) is 34.0 Å². The van der Waals surface area contributed by atoms with E-state index in [9.17, 15) is 4.79 Å². The van der Waals surface area contributed by atoms with Crippen LogP contribution in [0.25, 0.3) is 0 Å². The molecular formula is C17H21N3O2. The number of likely N-dealkylation sites (tertiary alicyclic amines) is 1. The summed E-state index contributed by atoms with van der Waals surface area (Å²) in [7, 11) is 0. The Morgan fingerprint density at radius 1 is 1.27 bits per heavy atom. The van der Waals surface area contributed by atoms with Crippen molar-refractivity contribution < 1.29 is 9.32 Å². The zero-order valence-electron chi connectivity index (χ0n) is 12.9. The van der Waals surface area contributed by atoms with Crippen LogP contribution in [0.2, 0.25) is 0 Å². The number of hydrogen-bond donors (Lipinski definition) is 0. The van der Waals surface area contributed by atoms with Gasteiger partial charge in [0.05, 0.1) is 0 Å². The first-order valence-corrected chi connectivity index (χ1v) is 7.81. The Hall–Kier alpha value is -2.17. The molecule has 0 spiro atoms. The van der Waals surface area contributed by atoms with Crippen LogP contribution in [0.15, 0.2) is 34.9 Å². The summed E-state index contributed by atoms with van der Waals surface area (Å²) in [6, 6.07) is 10.6. The number of carbonyl (C=O) groups is 1. The van der Waals surface area contributed by atoms with Crippen molar-refractivity contribution in [2.45, 2.75) is 32.6 Å². The third kappa shape index (κ3) is 3.72. The second kappa shape index (κ2) is 6.73. The van der Waals surface area contributed by atoms with E-state index in [-0.39, 0.29) is 12.3 Å². The molecule has 1 saturated heterocycles. The maximum absolute atomic E-state index is 12.2. The highest BCUT2D eigenvalue weighted by atomic mass is 16.5. The first kappa shape index (κ1) is 14.8. The standard InChI is InChI=1S/C17H21N3O2/c1-13-18-16(22-19-13)12-17(21)20-9-7-15(8-10-20)11-14-5-3-2-4-6-14/h2-6,15H,7-12H2,1H3. The molecule has 1 aliphatic rings. The molecule has 116 valence electrons. The molecule has 1 aliphatic heterocycles. The number of piperidine rings is 1. The van der Waals surface area contributed by atoms with Gasteiger partial charge in [-0.25, -0.2) is 0 Å². The largest absolute Gasteiger partial charge is 0.342 e. The minimum absolute atomic E-state index is 0.0850. The van der Waals surface area contributed by atoms with Crippen molar-refractivity contribution in [1.82, 2.24) is 15.0 Å². The van der Waals surface area contributed by atoms with Crippen molar-refractivity contribution in [3.05, 3.63) is 47.6 Å². The maximum Gasteiger partial charge on any atom is 0.236 e. The Morgan fingerprint density at radius 2 is 2.00 bits per heavy atom. The van der Waals surface area contributed by atoms with Crippen LogP contribution in [0.3, 0.4) is 0 Å². The summed E-state index contributed by atoms with van der Waals surface area (Å²) in [6.45, 7) is 3.40. The third-order valence-corrected chi connectivity index (χ3v) is 4.21. The zero-order valence-corrected chi connectivity index (χ0v) is 12.9. The van der Waals surface area contributed by atoms with Gasteiger partial charge in [0.1, 0.15) is 6.42 Å². The quantitative estimate of drug-likeness (QED) is 0.870. The molecule has 0 aliphatic carbocycles. The number of aromatic nitrogens is 2. The van der Waals surface area contributed by atoms with E-state index in [1.54, 1.807) is 6.92 Å². The second-order valence-electron chi connectivity index (χ2n) is 5.93. The Bertz CT molecular complexity index is 616. The molecule has 0 atom stereocenters. The zero-order chi connectivity index (χ0) is 15.4. The van der Waals surface area contributed by atoms with Crippen LogP contribution >= 0.6 is 0 Å². The van der Waals surface area contributed by atoms with E-state index in [2.05, 4.69) is 34.4 Å². The number of amides is 1. The van der Waals surface area contributed by atoms with Gasteiger partial charge in [-0.2, -0.15) is 4.98 Å². The molecule has 0 unspecified atom stereocenters. The molecule has 0 bridgehead atoms. The Morgan fingerprint density at radius 3 is 2.64 bits per heavy atom. The predicted octanol–water partition coefficient (Wildman–Crippen LogP) is 2.40. The average molecular weight is 299 g/mol. The van der Waals surface area contributed by atoms with Crippen molar-refractivity contribution in [3.63, 3.8) is 0 Å². The van der Waals surface area contributed by atoms with Crippen LogP contribution < -0.4 is 0 Å². The van der Waals surface area contributed by atoms with Crippen LogP contribution in [0, 0.1) is 12.8 Å². The third-order valence-electron chi connectivity index (χ3n) is 4.21. The number of carbonyl (C=O) groups excluding carboxylic acids is 1. The first-order chi connectivity index (χ1) is 10.7. The summed E-state index contributed by atoms with van der Waals surface area (Å²) >= 11 is 0. The molecule has 5 nitrogen and oxygen atoms in total. The average Bonchev–Trinajstić information content (AvgIpc) is 2.94. The van der Waals surface area contributed by atoms with Crippen LogP contribution in [0.1, 0.15) is 30.1 Å². The fourth-order valence-electron chi connectivity index (χ4n) is 2.99. The normalized spacial score (nSPS) is 16.0. The molecule has 2 heterocycles. The molecule has 3 rings (SSSR count). The molecule has 1 aromatic heterocycles. The predicted molar refractivity (Wildman–Crippen MR) is 82.2 cm³/mol. The highest BCUT2D eigenvalue weighted by Gasteiger charge is 2.24. The topological polar surface area (TPSA) is 59.2 Å². The van der Waals surface area contributed by atoms with Gasteiger partial charge in [0, 0.05) is 13.1 Å². The molecule has 0 N–H and O–H groups in total. The SMILES string of the molecule is Cc1noc(CC(=O)N2CCC(Cc3ccccc3)CC2)n1. The molecule has 22 heavy (non-hydrogen) atoms.